The number of hydrogen-bond donors (Lipinski definition) is 4. The minimum absolute atomic E-state index is 0.195. The molecule has 0 atom stereocenters. The number of anilines is 4. The summed E-state index contributed by atoms with van der Waals surface area (Å²) in [6, 6.07) is 51.8. The average molecular weight is 819 g/mol. The van der Waals surface area contributed by atoms with Gasteiger partial charge in [-0.1, -0.05) is 38.1 Å². The summed E-state index contributed by atoms with van der Waals surface area (Å²) in [5.41, 5.74) is 32.7. The molecule has 9 heteroatoms. The summed E-state index contributed by atoms with van der Waals surface area (Å²) in [4.78, 5) is 15.1. The van der Waals surface area contributed by atoms with E-state index in [9.17, 15) is 0 Å². The van der Waals surface area contributed by atoms with Gasteiger partial charge in [-0.2, -0.15) is 0 Å². The smallest absolute Gasteiger partial charge is 0.194 e. The van der Waals surface area contributed by atoms with Crippen LogP contribution < -0.4 is 41.9 Å². The van der Waals surface area contributed by atoms with Crippen LogP contribution in [0.15, 0.2) is 170 Å². The van der Waals surface area contributed by atoms with Crippen molar-refractivity contribution in [2.75, 3.05) is 22.9 Å². The molecule has 0 unspecified atom stereocenters. The number of carbonyl (C=O) groups excluding carboxylic acids is 1. The van der Waals surface area contributed by atoms with E-state index in [4.69, 9.17) is 41.9 Å². The van der Waals surface area contributed by atoms with Crippen molar-refractivity contribution in [1.29, 1.82) is 0 Å². The summed E-state index contributed by atoms with van der Waals surface area (Å²) < 4.78 is 25.0. The highest BCUT2D eigenvalue weighted by Crippen LogP contribution is 2.38. The number of ketones is 1. The SMILES string of the molecule is CCc1cc(Oc2ccc(C(=O)c3ccc(Oc4ccc(N)c(CC)c4)cc3-c3ccc(Oc4ccc(N)cc4)cc3)c(-c3ccc(Oc4ccc(N)cc4)cc3)c2)ccc1N. The minimum atomic E-state index is -0.195. The van der Waals surface area contributed by atoms with Crippen molar-refractivity contribution in [3.8, 4) is 68.2 Å². The van der Waals surface area contributed by atoms with Crippen molar-refractivity contribution >= 4 is 28.5 Å². The summed E-state index contributed by atoms with van der Waals surface area (Å²) in [5.74, 6) is 4.76. The van der Waals surface area contributed by atoms with Crippen LogP contribution >= 0.6 is 0 Å². The number of carbonyl (C=O) groups is 1. The fraction of sp³-hybridized carbons (Fsp3) is 0.0755. The van der Waals surface area contributed by atoms with Crippen molar-refractivity contribution < 1.29 is 23.7 Å². The lowest BCUT2D eigenvalue weighted by Crippen LogP contribution is -2.06. The third kappa shape index (κ3) is 9.33. The molecule has 8 aromatic rings. The molecule has 0 aliphatic carbocycles. The molecule has 62 heavy (non-hydrogen) atoms. The number of aryl methyl sites for hydroxylation is 2. The molecule has 0 saturated heterocycles. The Labute approximate surface area is 361 Å². The molecule has 8 aromatic carbocycles. The van der Waals surface area contributed by atoms with Gasteiger partial charge in [-0.25, -0.2) is 0 Å². The van der Waals surface area contributed by atoms with E-state index in [0.29, 0.717) is 91.0 Å². The highest BCUT2D eigenvalue weighted by molar-refractivity contribution is 6.16. The lowest BCUT2D eigenvalue weighted by atomic mass is 9.89. The number of rotatable bonds is 14. The zero-order valence-corrected chi connectivity index (χ0v) is 34.4. The Morgan fingerprint density at radius 2 is 0.661 bits per heavy atom. The van der Waals surface area contributed by atoms with Gasteiger partial charge in [-0.15, -0.1) is 0 Å². The van der Waals surface area contributed by atoms with Gasteiger partial charge in [0, 0.05) is 33.9 Å². The normalized spacial score (nSPS) is 10.9. The third-order valence-corrected chi connectivity index (χ3v) is 10.5. The van der Waals surface area contributed by atoms with Gasteiger partial charge >= 0.3 is 0 Å². The molecule has 8 rings (SSSR count). The molecular formula is C53H46N4O5. The number of benzene rings is 8. The Morgan fingerprint density at radius 3 is 1.02 bits per heavy atom. The van der Waals surface area contributed by atoms with E-state index >= 15 is 4.79 Å². The second-order valence-electron chi connectivity index (χ2n) is 14.8. The predicted octanol–water partition coefficient (Wildman–Crippen LogP) is 12.9. The third-order valence-electron chi connectivity index (χ3n) is 10.5. The van der Waals surface area contributed by atoms with Gasteiger partial charge in [-0.05, 0) is 192 Å². The Hall–Kier alpha value is -8.17. The van der Waals surface area contributed by atoms with E-state index in [-0.39, 0.29) is 5.78 Å². The average Bonchev–Trinajstić information content (AvgIpc) is 3.29. The van der Waals surface area contributed by atoms with Gasteiger partial charge in [-0.3, -0.25) is 4.79 Å². The molecule has 0 saturated carbocycles. The van der Waals surface area contributed by atoms with Crippen LogP contribution in [0.25, 0.3) is 22.3 Å². The maximum Gasteiger partial charge on any atom is 0.194 e. The number of ether oxygens (including phenoxy) is 4. The minimum Gasteiger partial charge on any atom is -0.457 e. The van der Waals surface area contributed by atoms with E-state index in [1.54, 1.807) is 24.3 Å². The highest BCUT2D eigenvalue weighted by Gasteiger charge is 2.22. The Kier molecular flexibility index (Phi) is 11.8. The van der Waals surface area contributed by atoms with Crippen LogP contribution in [-0.2, 0) is 12.8 Å². The fourth-order valence-corrected chi connectivity index (χ4v) is 7.12. The second kappa shape index (κ2) is 18.0. The van der Waals surface area contributed by atoms with Gasteiger partial charge in [0.1, 0.15) is 46.0 Å². The predicted molar refractivity (Wildman–Crippen MR) is 250 cm³/mol. The van der Waals surface area contributed by atoms with Gasteiger partial charge in [0.25, 0.3) is 0 Å². The molecule has 0 aromatic heterocycles. The second-order valence-corrected chi connectivity index (χ2v) is 14.8. The topological polar surface area (TPSA) is 158 Å². The van der Waals surface area contributed by atoms with E-state index in [0.717, 1.165) is 35.1 Å². The van der Waals surface area contributed by atoms with Crippen LogP contribution in [0.5, 0.6) is 46.0 Å². The van der Waals surface area contributed by atoms with Crippen molar-refractivity contribution in [1.82, 2.24) is 0 Å². The van der Waals surface area contributed by atoms with Gasteiger partial charge < -0.3 is 41.9 Å². The summed E-state index contributed by atoms with van der Waals surface area (Å²) in [6.45, 7) is 4.09. The van der Waals surface area contributed by atoms with Crippen molar-refractivity contribution in [2.24, 2.45) is 0 Å². The Balaban J connectivity index is 1.19. The van der Waals surface area contributed by atoms with E-state index < -0.39 is 0 Å². The first-order valence-corrected chi connectivity index (χ1v) is 20.4. The Bertz CT molecular complexity index is 2660. The monoisotopic (exact) mass is 818 g/mol. The van der Waals surface area contributed by atoms with E-state index in [1.807, 2.05) is 159 Å². The van der Waals surface area contributed by atoms with E-state index in [1.165, 1.54) is 0 Å². The van der Waals surface area contributed by atoms with Crippen LogP contribution in [0.4, 0.5) is 22.7 Å². The molecule has 0 aliphatic heterocycles. The van der Waals surface area contributed by atoms with Gasteiger partial charge in [0.2, 0.25) is 0 Å². The van der Waals surface area contributed by atoms with Crippen LogP contribution in [-0.4, -0.2) is 5.78 Å². The Morgan fingerprint density at radius 1 is 0.371 bits per heavy atom. The molecule has 0 fully saturated rings. The van der Waals surface area contributed by atoms with Crippen LogP contribution in [0, 0.1) is 0 Å². The van der Waals surface area contributed by atoms with Gasteiger partial charge in [0.05, 0.1) is 0 Å². The maximum atomic E-state index is 15.1. The largest absolute Gasteiger partial charge is 0.457 e. The quantitative estimate of drug-likeness (QED) is 0.0619. The molecular weight excluding hydrogens is 773 g/mol. The zero-order chi connectivity index (χ0) is 43.2. The first kappa shape index (κ1) is 40.6. The molecule has 0 heterocycles. The standard InChI is InChI=1S/C53H46N4O5/c1-3-33-29-43(23-27-51(33)56)61-45-21-25-47(49(31-45)35-5-13-39(14-6-35)59-41-17-9-37(54)10-18-41)53(58)48-26-22-46(62-44-24-28-52(57)34(4-2)30-44)32-50(48)36-7-15-40(16-8-36)60-42-19-11-38(55)12-20-42/h5-32H,3-4,54-57H2,1-2H3. The molecule has 308 valence electrons. The molecule has 0 radical (unpaired) electrons. The molecule has 8 N–H and O–H groups in total. The maximum absolute atomic E-state index is 15.1. The lowest BCUT2D eigenvalue weighted by Gasteiger charge is -2.17. The van der Waals surface area contributed by atoms with Gasteiger partial charge in [0.15, 0.2) is 5.78 Å². The summed E-state index contributed by atoms with van der Waals surface area (Å²) in [7, 11) is 0. The zero-order valence-electron chi connectivity index (χ0n) is 34.4. The first-order valence-electron chi connectivity index (χ1n) is 20.4. The molecule has 0 bridgehead atoms. The molecule has 0 aliphatic rings. The van der Waals surface area contributed by atoms with Crippen LogP contribution in [0.2, 0.25) is 0 Å². The summed E-state index contributed by atoms with van der Waals surface area (Å²) in [5, 5.41) is 0. The van der Waals surface area contributed by atoms with Crippen molar-refractivity contribution in [3.63, 3.8) is 0 Å². The number of hydrogen-bond acceptors (Lipinski definition) is 9. The van der Waals surface area contributed by atoms with Crippen molar-refractivity contribution in [3.05, 3.63) is 192 Å². The summed E-state index contributed by atoms with van der Waals surface area (Å²) >= 11 is 0. The number of nitrogen functional groups attached to an aromatic ring is 4. The number of nitrogens with two attached hydrogens (primary N) is 4. The molecule has 0 amide bonds. The lowest BCUT2D eigenvalue weighted by molar-refractivity contribution is 0.104. The van der Waals surface area contributed by atoms with Crippen LogP contribution in [0.1, 0.15) is 40.9 Å². The highest BCUT2D eigenvalue weighted by atomic mass is 16.5. The molecule has 0 spiro atoms. The molecule has 9 nitrogen and oxygen atoms in total. The van der Waals surface area contributed by atoms with Crippen LogP contribution in [0.3, 0.4) is 0 Å². The van der Waals surface area contributed by atoms with Crippen molar-refractivity contribution in [2.45, 2.75) is 26.7 Å². The fourth-order valence-electron chi connectivity index (χ4n) is 7.12. The first-order chi connectivity index (χ1) is 30.1. The summed E-state index contributed by atoms with van der Waals surface area (Å²) in [6.07, 6.45) is 1.52. The van der Waals surface area contributed by atoms with E-state index in [2.05, 4.69) is 0 Å².